The van der Waals surface area contributed by atoms with Crippen molar-refractivity contribution in [2.75, 3.05) is 13.7 Å². The maximum Gasteiger partial charge on any atom is 0.395 e. The van der Waals surface area contributed by atoms with Crippen LogP contribution in [0.15, 0.2) is 18.2 Å². The Morgan fingerprint density at radius 3 is 2.68 bits per heavy atom. The zero-order chi connectivity index (χ0) is 18.0. The van der Waals surface area contributed by atoms with Crippen molar-refractivity contribution in [3.8, 4) is 5.75 Å². The van der Waals surface area contributed by atoms with Crippen LogP contribution in [0.4, 0.5) is 13.2 Å². The number of halogens is 3. The molecule has 3 nitrogen and oxygen atoms in total. The largest absolute Gasteiger partial charge is 0.497 e. The van der Waals surface area contributed by atoms with Crippen LogP contribution >= 0.6 is 0 Å². The van der Waals surface area contributed by atoms with Crippen molar-refractivity contribution < 1.29 is 27.4 Å². The molecule has 25 heavy (non-hydrogen) atoms. The molecule has 0 spiro atoms. The van der Waals surface area contributed by atoms with Crippen molar-refractivity contribution in [2.24, 2.45) is 11.3 Å². The third kappa shape index (κ3) is 2.40. The van der Waals surface area contributed by atoms with Crippen molar-refractivity contribution in [3.63, 3.8) is 0 Å². The lowest BCUT2D eigenvalue weighted by Gasteiger charge is -2.48. The number of benzene rings is 1. The topological polar surface area (TPSA) is 27.7 Å². The van der Waals surface area contributed by atoms with Crippen LogP contribution in [0.1, 0.15) is 43.7 Å². The SMILES string of the molecule is COc1ccc2c(c1)CC[C@@]1(C(F)(F)F)[C@@H]2C[C@@H]2OC(C)(C)OC[C@@H]21. The lowest BCUT2D eigenvalue weighted by Crippen LogP contribution is -2.54. The van der Waals surface area contributed by atoms with E-state index in [4.69, 9.17) is 14.2 Å². The van der Waals surface area contributed by atoms with Gasteiger partial charge in [-0.25, -0.2) is 0 Å². The van der Waals surface area contributed by atoms with Gasteiger partial charge >= 0.3 is 6.18 Å². The Labute approximate surface area is 145 Å². The number of fused-ring (bicyclic) bond motifs is 5. The summed E-state index contributed by atoms with van der Waals surface area (Å²) >= 11 is 0. The van der Waals surface area contributed by atoms with Gasteiger partial charge in [0.15, 0.2) is 5.79 Å². The van der Waals surface area contributed by atoms with E-state index in [9.17, 15) is 13.2 Å². The first-order valence-corrected chi connectivity index (χ1v) is 8.73. The molecule has 0 amide bonds. The number of aryl methyl sites for hydroxylation is 1. The number of rotatable bonds is 1. The van der Waals surface area contributed by atoms with Crippen LogP contribution in [0.25, 0.3) is 0 Å². The van der Waals surface area contributed by atoms with Gasteiger partial charge in [0.2, 0.25) is 0 Å². The molecular formula is C19H23F3O3. The van der Waals surface area contributed by atoms with Gasteiger partial charge in [0.1, 0.15) is 5.75 Å². The van der Waals surface area contributed by atoms with E-state index in [1.807, 2.05) is 12.1 Å². The minimum Gasteiger partial charge on any atom is -0.497 e. The predicted octanol–water partition coefficient (Wildman–Crippen LogP) is 4.45. The first-order valence-electron chi connectivity index (χ1n) is 8.73. The average Bonchev–Trinajstić information content (AvgIpc) is 2.87. The molecule has 2 fully saturated rings. The van der Waals surface area contributed by atoms with Gasteiger partial charge in [0, 0.05) is 11.8 Å². The van der Waals surface area contributed by atoms with Gasteiger partial charge < -0.3 is 14.2 Å². The highest BCUT2D eigenvalue weighted by Crippen LogP contribution is 2.67. The fraction of sp³-hybridized carbons (Fsp3) is 0.684. The highest BCUT2D eigenvalue weighted by atomic mass is 19.4. The average molecular weight is 356 g/mol. The Balaban J connectivity index is 1.81. The van der Waals surface area contributed by atoms with E-state index in [1.165, 1.54) is 0 Å². The zero-order valence-corrected chi connectivity index (χ0v) is 14.7. The van der Waals surface area contributed by atoms with E-state index in [1.54, 1.807) is 27.0 Å². The Morgan fingerprint density at radius 2 is 2.00 bits per heavy atom. The molecule has 2 aliphatic carbocycles. The fourth-order valence-corrected chi connectivity index (χ4v) is 5.19. The Hall–Kier alpha value is -1.27. The number of alkyl halides is 3. The fourth-order valence-electron chi connectivity index (χ4n) is 5.19. The zero-order valence-electron chi connectivity index (χ0n) is 14.7. The molecule has 0 unspecified atom stereocenters. The summed E-state index contributed by atoms with van der Waals surface area (Å²) in [5.74, 6) is -1.38. The molecule has 1 saturated carbocycles. The minimum atomic E-state index is -4.29. The highest BCUT2D eigenvalue weighted by molar-refractivity contribution is 5.43. The summed E-state index contributed by atoms with van der Waals surface area (Å²) in [7, 11) is 1.57. The lowest BCUT2D eigenvalue weighted by atomic mass is 9.61. The van der Waals surface area contributed by atoms with E-state index in [0.717, 1.165) is 11.1 Å². The van der Waals surface area contributed by atoms with E-state index in [0.29, 0.717) is 18.6 Å². The van der Waals surface area contributed by atoms with Crippen LogP contribution in [0.2, 0.25) is 0 Å². The van der Waals surface area contributed by atoms with Gasteiger partial charge in [0.05, 0.1) is 25.2 Å². The van der Waals surface area contributed by atoms with Gasteiger partial charge in [-0.1, -0.05) is 6.07 Å². The van der Waals surface area contributed by atoms with Crippen LogP contribution in [0.5, 0.6) is 5.75 Å². The van der Waals surface area contributed by atoms with Crippen molar-refractivity contribution >= 4 is 0 Å². The third-order valence-corrected chi connectivity index (χ3v) is 6.31. The normalized spacial score (nSPS) is 36.3. The highest BCUT2D eigenvalue weighted by Gasteiger charge is 2.71. The van der Waals surface area contributed by atoms with Crippen LogP contribution in [0, 0.1) is 11.3 Å². The molecule has 138 valence electrons. The maximum absolute atomic E-state index is 14.4. The smallest absolute Gasteiger partial charge is 0.395 e. The second-order valence-corrected chi connectivity index (χ2v) is 7.86. The maximum atomic E-state index is 14.4. The monoisotopic (exact) mass is 356 g/mol. The molecule has 1 aliphatic heterocycles. The van der Waals surface area contributed by atoms with Crippen LogP contribution in [-0.4, -0.2) is 31.8 Å². The molecule has 6 heteroatoms. The summed E-state index contributed by atoms with van der Waals surface area (Å²) in [5, 5.41) is 0. The van der Waals surface area contributed by atoms with Crippen molar-refractivity contribution in [2.45, 2.75) is 57.1 Å². The predicted molar refractivity (Wildman–Crippen MR) is 85.6 cm³/mol. The Morgan fingerprint density at radius 1 is 1.24 bits per heavy atom. The van der Waals surface area contributed by atoms with Crippen LogP contribution < -0.4 is 4.74 Å². The molecule has 1 aromatic rings. The molecule has 3 aliphatic rings. The molecule has 0 N–H and O–H groups in total. The molecule has 1 heterocycles. The first-order chi connectivity index (χ1) is 11.7. The van der Waals surface area contributed by atoms with Crippen LogP contribution in [-0.2, 0) is 15.9 Å². The third-order valence-electron chi connectivity index (χ3n) is 6.31. The number of methoxy groups -OCH3 is 1. The van der Waals surface area contributed by atoms with E-state index in [2.05, 4.69) is 0 Å². The quantitative estimate of drug-likeness (QED) is 0.744. The van der Waals surface area contributed by atoms with Gasteiger partial charge in [-0.15, -0.1) is 0 Å². The van der Waals surface area contributed by atoms with E-state index < -0.39 is 35.3 Å². The van der Waals surface area contributed by atoms with E-state index in [-0.39, 0.29) is 13.0 Å². The minimum absolute atomic E-state index is 0.0790. The summed E-state index contributed by atoms with van der Waals surface area (Å²) < 4.78 is 59.9. The standard InChI is InChI=1S/C19H23F3O3/c1-17(2)24-10-15-16(25-17)9-14-13-5-4-12(23-3)8-11(13)6-7-18(14,15)19(20,21)22/h4-5,8,14-16H,6-7,9-10H2,1-3H3/t14-,15+,16+,18-/m1/s1. The molecule has 1 aromatic carbocycles. The Kier molecular flexibility index (Phi) is 3.68. The van der Waals surface area contributed by atoms with Gasteiger partial charge in [-0.05, 0) is 56.4 Å². The molecular weight excluding hydrogens is 333 g/mol. The number of hydrogen-bond acceptors (Lipinski definition) is 3. The lowest BCUT2D eigenvalue weighted by molar-refractivity contribution is -0.322. The van der Waals surface area contributed by atoms with Crippen molar-refractivity contribution in [1.82, 2.24) is 0 Å². The molecule has 1 saturated heterocycles. The number of hydrogen-bond donors (Lipinski definition) is 0. The first kappa shape index (κ1) is 17.2. The van der Waals surface area contributed by atoms with Crippen molar-refractivity contribution in [3.05, 3.63) is 29.3 Å². The molecule has 4 rings (SSSR count). The molecule has 0 radical (unpaired) electrons. The van der Waals surface area contributed by atoms with Gasteiger partial charge in [-0.3, -0.25) is 0 Å². The summed E-state index contributed by atoms with van der Waals surface area (Å²) in [4.78, 5) is 0. The van der Waals surface area contributed by atoms with Gasteiger partial charge in [0.25, 0.3) is 0 Å². The molecule has 0 bridgehead atoms. The summed E-state index contributed by atoms with van der Waals surface area (Å²) in [5.41, 5.74) is -0.0151. The number of ether oxygens (including phenoxy) is 3. The molecule has 4 atom stereocenters. The van der Waals surface area contributed by atoms with Crippen LogP contribution in [0.3, 0.4) is 0 Å². The molecule has 0 aromatic heterocycles. The second kappa shape index (κ2) is 5.36. The van der Waals surface area contributed by atoms with E-state index >= 15 is 0 Å². The summed E-state index contributed by atoms with van der Waals surface area (Å²) in [6.07, 6.45) is -3.85. The second-order valence-electron chi connectivity index (χ2n) is 7.86. The van der Waals surface area contributed by atoms with Gasteiger partial charge in [-0.2, -0.15) is 13.2 Å². The van der Waals surface area contributed by atoms with Crippen molar-refractivity contribution in [1.29, 1.82) is 0 Å². The summed E-state index contributed by atoms with van der Waals surface area (Å²) in [6, 6.07) is 5.44. The Bertz CT molecular complexity index is 685. The summed E-state index contributed by atoms with van der Waals surface area (Å²) in [6.45, 7) is 3.63.